The lowest BCUT2D eigenvalue weighted by molar-refractivity contribution is -0.384. The van der Waals surface area contributed by atoms with Crippen LogP contribution in [0.2, 0.25) is 0 Å². The Kier molecular flexibility index (Phi) is 3.10. The predicted octanol–water partition coefficient (Wildman–Crippen LogP) is 1.15. The zero-order chi connectivity index (χ0) is 12.3. The van der Waals surface area contributed by atoms with Crippen molar-refractivity contribution in [1.82, 2.24) is 10.1 Å². The van der Waals surface area contributed by atoms with Crippen molar-refractivity contribution >= 4 is 5.69 Å². The van der Waals surface area contributed by atoms with Crippen molar-refractivity contribution in [1.29, 1.82) is 0 Å². The second-order valence-corrected chi connectivity index (χ2v) is 3.33. The van der Waals surface area contributed by atoms with E-state index in [1.807, 2.05) is 0 Å². The molecule has 1 aromatic heterocycles. The average molecular weight is 234 g/mol. The summed E-state index contributed by atoms with van der Waals surface area (Å²) in [5.74, 6) is 0.585. The van der Waals surface area contributed by atoms with E-state index in [-0.39, 0.29) is 11.6 Å². The largest absolute Gasteiger partial charge is 0.334 e. The van der Waals surface area contributed by atoms with E-state index in [4.69, 9.17) is 10.3 Å². The molecule has 0 amide bonds. The van der Waals surface area contributed by atoms with Gasteiger partial charge in [-0.15, -0.1) is 0 Å². The van der Waals surface area contributed by atoms with Crippen molar-refractivity contribution in [3.8, 4) is 11.5 Å². The Hall–Kier alpha value is -2.28. The third-order valence-corrected chi connectivity index (χ3v) is 2.17. The van der Waals surface area contributed by atoms with Crippen LogP contribution < -0.4 is 5.73 Å². The molecule has 0 unspecified atom stereocenters. The van der Waals surface area contributed by atoms with Crippen LogP contribution in [0.15, 0.2) is 28.8 Å². The summed E-state index contributed by atoms with van der Waals surface area (Å²) in [6.07, 6.45) is 0.476. The van der Waals surface area contributed by atoms with Gasteiger partial charge in [0.1, 0.15) is 5.56 Å². The van der Waals surface area contributed by atoms with Gasteiger partial charge >= 0.3 is 0 Å². The van der Waals surface area contributed by atoms with E-state index < -0.39 is 4.92 Å². The molecule has 0 spiro atoms. The molecule has 0 saturated carbocycles. The predicted molar refractivity (Wildman–Crippen MR) is 59.1 cm³/mol. The Morgan fingerprint density at radius 3 is 2.88 bits per heavy atom. The Balaban J connectivity index is 2.41. The molecule has 7 heteroatoms. The first-order chi connectivity index (χ1) is 8.22. The van der Waals surface area contributed by atoms with Crippen LogP contribution in [0.1, 0.15) is 5.82 Å². The second-order valence-electron chi connectivity index (χ2n) is 3.33. The highest BCUT2D eigenvalue weighted by Gasteiger charge is 2.19. The van der Waals surface area contributed by atoms with Gasteiger partial charge in [0, 0.05) is 12.5 Å². The van der Waals surface area contributed by atoms with Gasteiger partial charge in [-0.05, 0) is 12.6 Å². The maximum atomic E-state index is 10.8. The molecule has 0 atom stereocenters. The maximum absolute atomic E-state index is 10.8. The van der Waals surface area contributed by atoms with Gasteiger partial charge in [0.25, 0.3) is 11.6 Å². The van der Waals surface area contributed by atoms with Gasteiger partial charge in [0.2, 0.25) is 0 Å². The fourth-order valence-corrected chi connectivity index (χ4v) is 1.41. The Bertz CT molecular complexity index is 538. The van der Waals surface area contributed by atoms with Crippen LogP contribution in [0, 0.1) is 10.1 Å². The number of hydrogen-bond donors (Lipinski definition) is 1. The van der Waals surface area contributed by atoms with Gasteiger partial charge in [0.05, 0.1) is 4.92 Å². The van der Waals surface area contributed by atoms with E-state index in [9.17, 15) is 10.1 Å². The molecule has 0 bridgehead atoms. The summed E-state index contributed by atoms with van der Waals surface area (Å²) in [5, 5.41) is 14.5. The quantitative estimate of drug-likeness (QED) is 0.627. The molecule has 0 aliphatic carbocycles. The van der Waals surface area contributed by atoms with E-state index >= 15 is 0 Å². The standard InChI is InChI=1S/C10H10N4O3/c11-6-5-9-12-10(17-13-9)7-3-1-2-4-8(7)14(15)16/h1-4H,5-6,11H2. The summed E-state index contributed by atoms with van der Waals surface area (Å²) in [4.78, 5) is 14.4. The summed E-state index contributed by atoms with van der Waals surface area (Å²) >= 11 is 0. The highest BCUT2D eigenvalue weighted by Crippen LogP contribution is 2.27. The molecule has 1 aromatic carbocycles. The number of nitro groups is 1. The summed E-state index contributed by atoms with van der Waals surface area (Å²) in [6.45, 7) is 0.399. The number of nitro benzene ring substituents is 1. The normalized spacial score (nSPS) is 10.4. The molecule has 0 aliphatic heterocycles. The van der Waals surface area contributed by atoms with Crippen LogP contribution in [-0.4, -0.2) is 21.6 Å². The lowest BCUT2D eigenvalue weighted by Crippen LogP contribution is -2.03. The Labute approximate surface area is 96.4 Å². The van der Waals surface area contributed by atoms with Gasteiger partial charge in [-0.25, -0.2) is 0 Å². The molecular weight excluding hydrogens is 224 g/mol. The first kappa shape index (κ1) is 11.2. The molecule has 2 N–H and O–H groups in total. The van der Waals surface area contributed by atoms with Crippen molar-refractivity contribution in [3.63, 3.8) is 0 Å². The fraction of sp³-hybridized carbons (Fsp3) is 0.200. The summed E-state index contributed by atoms with van der Waals surface area (Å²) < 4.78 is 4.97. The SMILES string of the molecule is NCCc1noc(-c2ccccc2[N+](=O)[O-])n1. The monoisotopic (exact) mass is 234 g/mol. The molecule has 0 radical (unpaired) electrons. The van der Waals surface area contributed by atoms with Crippen molar-refractivity contribution < 1.29 is 9.45 Å². The lowest BCUT2D eigenvalue weighted by Gasteiger charge is -1.95. The number of rotatable bonds is 4. The van der Waals surface area contributed by atoms with Gasteiger partial charge in [-0.3, -0.25) is 10.1 Å². The second kappa shape index (κ2) is 4.71. The zero-order valence-electron chi connectivity index (χ0n) is 8.87. The lowest BCUT2D eigenvalue weighted by atomic mass is 10.2. The van der Waals surface area contributed by atoms with Gasteiger partial charge < -0.3 is 10.3 Å². The Morgan fingerprint density at radius 2 is 2.18 bits per heavy atom. The molecule has 7 nitrogen and oxygen atoms in total. The highest BCUT2D eigenvalue weighted by atomic mass is 16.6. The third-order valence-electron chi connectivity index (χ3n) is 2.17. The van der Waals surface area contributed by atoms with Crippen molar-refractivity contribution in [2.24, 2.45) is 5.73 Å². The van der Waals surface area contributed by atoms with Crippen molar-refractivity contribution in [2.75, 3.05) is 6.54 Å². The van der Waals surface area contributed by atoms with Crippen LogP contribution in [0.3, 0.4) is 0 Å². The maximum Gasteiger partial charge on any atom is 0.282 e. The fourth-order valence-electron chi connectivity index (χ4n) is 1.41. The highest BCUT2D eigenvalue weighted by molar-refractivity contribution is 5.66. The van der Waals surface area contributed by atoms with Gasteiger partial charge in [-0.2, -0.15) is 4.98 Å². The van der Waals surface area contributed by atoms with Gasteiger partial charge in [0.15, 0.2) is 5.82 Å². The van der Waals surface area contributed by atoms with Crippen molar-refractivity contribution in [3.05, 3.63) is 40.2 Å². The molecule has 2 rings (SSSR count). The van der Waals surface area contributed by atoms with Crippen LogP contribution in [0.5, 0.6) is 0 Å². The molecule has 88 valence electrons. The van der Waals surface area contributed by atoms with Crippen molar-refractivity contribution in [2.45, 2.75) is 6.42 Å². The molecule has 0 saturated heterocycles. The number of nitrogens with two attached hydrogens (primary N) is 1. The number of benzene rings is 1. The van der Waals surface area contributed by atoms with Crippen LogP contribution >= 0.6 is 0 Å². The molecular formula is C10H10N4O3. The van der Waals surface area contributed by atoms with E-state index in [1.165, 1.54) is 6.07 Å². The number of aromatic nitrogens is 2. The first-order valence-electron chi connectivity index (χ1n) is 4.99. The summed E-state index contributed by atoms with van der Waals surface area (Å²) in [5.41, 5.74) is 5.61. The van der Waals surface area contributed by atoms with E-state index in [0.29, 0.717) is 24.4 Å². The number of para-hydroxylation sites is 1. The van der Waals surface area contributed by atoms with E-state index in [0.717, 1.165) is 0 Å². The molecule has 0 aliphatic rings. The van der Waals surface area contributed by atoms with E-state index in [1.54, 1.807) is 18.2 Å². The smallest absolute Gasteiger partial charge is 0.282 e. The minimum atomic E-state index is -0.484. The van der Waals surface area contributed by atoms with Gasteiger partial charge in [-0.1, -0.05) is 17.3 Å². The molecule has 0 fully saturated rings. The average Bonchev–Trinajstić information content (AvgIpc) is 2.78. The zero-order valence-corrected chi connectivity index (χ0v) is 8.87. The minimum Gasteiger partial charge on any atom is -0.334 e. The van der Waals surface area contributed by atoms with E-state index in [2.05, 4.69) is 10.1 Å². The first-order valence-corrected chi connectivity index (χ1v) is 4.99. The number of hydrogen-bond acceptors (Lipinski definition) is 6. The van der Waals surface area contributed by atoms with Crippen LogP contribution in [-0.2, 0) is 6.42 Å². The third kappa shape index (κ3) is 2.28. The molecule has 1 heterocycles. The summed E-state index contributed by atoms with van der Waals surface area (Å²) in [6, 6.07) is 6.22. The Morgan fingerprint density at radius 1 is 1.41 bits per heavy atom. The topological polar surface area (TPSA) is 108 Å². The molecule has 2 aromatic rings. The van der Waals surface area contributed by atoms with Crippen LogP contribution in [0.25, 0.3) is 11.5 Å². The summed E-state index contributed by atoms with van der Waals surface area (Å²) in [7, 11) is 0. The molecule has 17 heavy (non-hydrogen) atoms. The number of nitrogens with zero attached hydrogens (tertiary/aromatic N) is 3. The van der Waals surface area contributed by atoms with Crippen LogP contribution in [0.4, 0.5) is 5.69 Å². The minimum absolute atomic E-state index is 0.0598.